The molecule has 0 amide bonds. The molecular weight excluding hydrogens is 302 g/mol. The third-order valence-electron chi connectivity index (χ3n) is 8.39. The third-order valence-corrected chi connectivity index (χ3v) is 8.39. The molecule has 25 heavy (non-hydrogen) atoms. The summed E-state index contributed by atoms with van der Waals surface area (Å²) in [6.07, 6.45) is 14.8. The summed E-state index contributed by atoms with van der Waals surface area (Å²) in [6, 6.07) is 11.6. The molecule has 0 radical (unpaired) electrons. The van der Waals surface area contributed by atoms with Crippen molar-refractivity contribution >= 4 is 0 Å². The Kier molecular flexibility index (Phi) is 3.82. The van der Waals surface area contributed by atoms with Gasteiger partial charge in [-0.1, -0.05) is 37.3 Å². The summed E-state index contributed by atoms with van der Waals surface area (Å²) in [6.45, 7) is 5.15. The Morgan fingerprint density at radius 2 is 1.76 bits per heavy atom. The van der Waals surface area contributed by atoms with Gasteiger partial charge in [0.2, 0.25) is 0 Å². The predicted octanol–water partition coefficient (Wildman–Crippen LogP) is 5.69. The Balaban J connectivity index is 1.41. The molecule has 5 aliphatic rings. The van der Waals surface area contributed by atoms with Gasteiger partial charge in [-0.15, -0.1) is 0 Å². The monoisotopic (exact) mass is 337 g/mol. The molecule has 1 heterocycles. The maximum absolute atomic E-state index is 3.54. The second-order valence-electron chi connectivity index (χ2n) is 10.7. The Hall–Kier alpha value is -0.820. The Morgan fingerprint density at radius 1 is 0.960 bits per heavy atom. The van der Waals surface area contributed by atoms with E-state index in [9.17, 15) is 0 Å². The highest BCUT2D eigenvalue weighted by atomic mass is 14.9. The van der Waals surface area contributed by atoms with Gasteiger partial charge in [0.15, 0.2) is 0 Å². The zero-order chi connectivity index (χ0) is 17.0. The highest BCUT2D eigenvalue weighted by Gasteiger charge is 2.61. The van der Waals surface area contributed by atoms with E-state index in [1.54, 1.807) is 12.0 Å². The highest BCUT2D eigenvalue weighted by Crippen LogP contribution is 2.71. The van der Waals surface area contributed by atoms with Crippen LogP contribution in [-0.2, 0) is 5.41 Å². The molecule has 1 aromatic carbocycles. The van der Waals surface area contributed by atoms with Crippen LogP contribution >= 0.6 is 0 Å². The molecule has 1 N–H and O–H groups in total. The fourth-order valence-electron chi connectivity index (χ4n) is 8.21. The number of hydrogen-bond acceptors (Lipinski definition) is 1. The first-order valence-electron chi connectivity index (χ1n) is 10.9. The molecule has 1 aromatic rings. The van der Waals surface area contributed by atoms with Crippen molar-refractivity contribution in [2.75, 3.05) is 13.1 Å². The van der Waals surface area contributed by atoms with Crippen LogP contribution in [0.2, 0.25) is 0 Å². The van der Waals surface area contributed by atoms with Crippen molar-refractivity contribution in [3.63, 3.8) is 0 Å². The van der Waals surface area contributed by atoms with Gasteiger partial charge >= 0.3 is 0 Å². The van der Waals surface area contributed by atoms with E-state index < -0.39 is 0 Å². The molecule has 4 unspecified atom stereocenters. The summed E-state index contributed by atoms with van der Waals surface area (Å²) in [5, 5.41) is 3.54. The van der Waals surface area contributed by atoms with E-state index in [1.807, 2.05) is 0 Å². The number of rotatable bonds is 4. The van der Waals surface area contributed by atoms with E-state index in [-0.39, 0.29) is 0 Å². The average Bonchev–Trinajstić information content (AvgIpc) is 2.60. The molecule has 136 valence electrons. The lowest BCUT2D eigenvalue weighted by Crippen LogP contribution is -2.57. The van der Waals surface area contributed by atoms with Crippen LogP contribution in [0, 0.1) is 22.7 Å². The molecule has 1 saturated heterocycles. The van der Waals surface area contributed by atoms with E-state index in [4.69, 9.17) is 0 Å². The Morgan fingerprint density at radius 3 is 2.52 bits per heavy atom. The zero-order valence-corrected chi connectivity index (χ0v) is 16.0. The summed E-state index contributed by atoms with van der Waals surface area (Å²) < 4.78 is 0. The van der Waals surface area contributed by atoms with E-state index >= 15 is 0 Å². The Bertz CT molecular complexity index is 618. The summed E-state index contributed by atoms with van der Waals surface area (Å²) in [7, 11) is 0. The third kappa shape index (κ3) is 2.87. The van der Waals surface area contributed by atoms with Crippen LogP contribution in [0.1, 0.15) is 76.7 Å². The molecule has 4 aliphatic carbocycles. The fraction of sp³-hybridized carbons (Fsp3) is 0.750. The van der Waals surface area contributed by atoms with Crippen molar-refractivity contribution in [1.29, 1.82) is 0 Å². The first kappa shape index (κ1) is 16.4. The number of piperidine rings is 1. The number of benzene rings is 1. The van der Waals surface area contributed by atoms with Gasteiger partial charge in [-0.3, -0.25) is 0 Å². The standard InChI is InChI=1S/C24H35N/c1-22-13-20-14-23(16-22,10-7-19-8-11-25-12-9-19)18-24(15-20,17-22)21-5-3-2-4-6-21/h2-6,19-20,25H,7-18H2,1H3. The van der Waals surface area contributed by atoms with Gasteiger partial charge in [-0.05, 0) is 111 Å². The van der Waals surface area contributed by atoms with Gasteiger partial charge in [0.1, 0.15) is 0 Å². The van der Waals surface area contributed by atoms with E-state index in [0.29, 0.717) is 16.2 Å². The van der Waals surface area contributed by atoms with E-state index in [2.05, 4.69) is 42.6 Å². The van der Waals surface area contributed by atoms with Crippen molar-refractivity contribution in [3.8, 4) is 0 Å². The lowest BCUT2D eigenvalue weighted by atomic mass is 9.38. The van der Waals surface area contributed by atoms with Crippen LogP contribution in [0.4, 0.5) is 0 Å². The van der Waals surface area contributed by atoms with Crippen LogP contribution in [0.3, 0.4) is 0 Å². The summed E-state index contributed by atoms with van der Waals surface area (Å²) in [5.41, 5.74) is 3.44. The molecular formula is C24H35N. The van der Waals surface area contributed by atoms with E-state index in [1.165, 1.54) is 70.9 Å². The van der Waals surface area contributed by atoms with Gasteiger partial charge in [0.25, 0.3) is 0 Å². The van der Waals surface area contributed by atoms with Gasteiger partial charge in [0, 0.05) is 0 Å². The lowest BCUT2D eigenvalue weighted by molar-refractivity contribution is -0.123. The zero-order valence-electron chi connectivity index (χ0n) is 16.0. The molecule has 0 aromatic heterocycles. The van der Waals surface area contributed by atoms with Crippen LogP contribution in [0.25, 0.3) is 0 Å². The SMILES string of the molecule is CC12CC3CC(CCC4CCNCC4)(C1)CC(c1ccccc1)(C3)C2. The van der Waals surface area contributed by atoms with Gasteiger partial charge < -0.3 is 5.32 Å². The topological polar surface area (TPSA) is 12.0 Å². The molecule has 0 spiro atoms. The molecule has 4 saturated carbocycles. The van der Waals surface area contributed by atoms with Gasteiger partial charge in [0.05, 0.1) is 0 Å². The van der Waals surface area contributed by atoms with Crippen LogP contribution < -0.4 is 5.32 Å². The van der Waals surface area contributed by atoms with Crippen molar-refractivity contribution < 1.29 is 0 Å². The first-order chi connectivity index (χ1) is 12.1. The van der Waals surface area contributed by atoms with Crippen LogP contribution in [0.15, 0.2) is 30.3 Å². The van der Waals surface area contributed by atoms with E-state index in [0.717, 1.165) is 11.8 Å². The fourth-order valence-corrected chi connectivity index (χ4v) is 8.21. The van der Waals surface area contributed by atoms with Crippen LogP contribution in [0.5, 0.6) is 0 Å². The summed E-state index contributed by atoms with van der Waals surface area (Å²) in [5.74, 6) is 1.99. The molecule has 1 nitrogen and oxygen atoms in total. The largest absolute Gasteiger partial charge is 0.317 e. The normalized spacial score (nSPS) is 43.5. The molecule has 1 aliphatic heterocycles. The molecule has 5 fully saturated rings. The summed E-state index contributed by atoms with van der Waals surface area (Å²) >= 11 is 0. The Labute approximate surface area is 154 Å². The lowest BCUT2D eigenvalue weighted by Gasteiger charge is -2.67. The quantitative estimate of drug-likeness (QED) is 0.743. The summed E-state index contributed by atoms with van der Waals surface area (Å²) in [4.78, 5) is 0. The van der Waals surface area contributed by atoms with Crippen molar-refractivity contribution in [1.82, 2.24) is 5.32 Å². The second-order valence-corrected chi connectivity index (χ2v) is 10.7. The molecule has 4 bridgehead atoms. The minimum Gasteiger partial charge on any atom is -0.317 e. The first-order valence-corrected chi connectivity index (χ1v) is 10.9. The molecule has 6 rings (SSSR count). The number of hydrogen-bond donors (Lipinski definition) is 1. The van der Waals surface area contributed by atoms with Crippen molar-refractivity contribution in [2.24, 2.45) is 22.7 Å². The van der Waals surface area contributed by atoms with Gasteiger partial charge in [-0.2, -0.15) is 0 Å². The number of nitrogens with one attached hydrogen (secondary N) is 1. The van der Waals surface area contributed by atoms with Crippen LogP contribution in [-0.4, -0.2) is 13.1 Å². The smallest absolute Gasteiger partial charge is 0.00339 e. The molecule has 1 heteroatoms. The molecule has 4 atom stereocenters. The minimum absolute atomic E-state index is 0.504. The highest BCUT2D eigenvalue weighted by molar-refractivity contribution is 5.31. The maximum Gasteiger partial charge on any atom is -0.00339 e. The van der Waals surface area contributed by atoms with Crippen molar-refractivity contribution in [3.05, 3.63) is 35.9 Å². The average molecular weight is 338 g/mol. The predicted molar refractivity (Wildman–Crippen MR) is 105 cm³/mol. The van der Waals surface area contributed by atoms with Gasteiger partial charge in [-0.25, -0.2) is 0 Å². The maximum atomic E-state index is 3.54. The van der Waals surface area contributed by atoms with Crippen molar-refractivity contribution in [2.45, 2.75) is 76.5 Å². The minimum atomic E-state index is 0.504. The second kappa shape index (κ2) is 5.84.